The number of amides is 1. The van der Waals surface area contributed by atoms with Crippen molar-refractivity contribution in [2.24, 2.45) is 5.92 Å². The van der Waals surface area contributed by atoms with E-state index in [1.54, 1.807) is 11.0 Å². The minimum Gasteiger partial charge on any atom is -0.507 e. The molecular weight excluding hydrogens is 204 g/mol. The standard InChI is InChI=1S/C12H12N2O2/c1-8-6-14(7-8)12(16)9-2-3-11(15)10(4-9)5-13/h2-4,8,15H,6-7H2,1H3. The molecule has 1 aromatic rings. The van der Waals surface area contributed by atoms with Gasteiger partial charge in [0.25, 0.3) is 5.91 Å². The number of rotatable bonds is 1. The first kappa shape index (κ1) is 10.5. The Morgan fingerprint density at radius 3 is 2.81 bits per heavy atom. The zero-order chi connectivity index (χ0) is 11.7. The Morgan fingerprint density at radius 2 is 2.25 bits per heavy atom. The molecule has 0 unspecified atom stereocenters. The molecule has 1 fully saturated rings. The quantitative estimate of drug-likeness (QED) is 0.770. The van der Waals surface area contributed by atoms with Crippen LogP contribution in [0.4, 0.5) is 0 Å². The number of phenolic OH excluding ortho intramolecular Hbond substituents is 1. The highest BCUT2D eigenvalue weighted by Gasteiger charge is 2.28. The van der Waals surface area contributed by atoms with Crippen molar-refractivity contribution >= 4 is 5.91 Å². The predicted octanol–water partition coefficient (Wildman–Crippen LogP) is 1.36. The molecule has 0 bridgehead atoms. The van der Waals surface area contributed by atoms with Crippen molar-refractivity contribution in [3.05, 3.63) is 29.3 Å². The number of benzene rings is 1. The Hall–Kier alpha value is -2.02. The van der Waals surface area contributed by atoms with Crippen molar-refractivity contribution in [2.45, 2.75) is 6.92 Å². The fourth-order valence-corrected chi connectivity index (χ4v) is 1.81. The van der Waals surface area contributed by atoms with Crippen LogP contribution in [0, 0.1) is 17.2 Å². The van der Waals surface area contributed by atoms with Crippen LogP contribution in [-0.2, 0) is 0 Å². The summed E-state index contributed by atoms with van der Waals surface area (Å²) in [7, 11) is 0. The summed E-state index contributed by atoms with van der Waals surface area (Å²) >= 11 is 0. The molecule has 1 heterocycles. The zero-order valence-corrected chi connectivity index (χ0v) is 8.97. The molecule has 1 aromatic carbocycles. The third kappa shape index (κ3) is 1.72. The topological polar surface area (TPSA) is 64.3 Å². The molecule has 1 amide bonds. The summed E-state index contributed by atoms with van der Waals surface area (Å²) < 4.78 is 0. The Morgan fingerprint density at radius 1 is 1.56 bits per heavy atom. The van der Waals surface area contributed by atoms with Gasteiger partial charge in [-0.2, -0.15) is 5.26 Å². The lowest BCUT2D eigenvalue weighted by atomic mass is 10.0. The average molecular weight is 216 g/mol. The Balaban J connectivity index is 2.22. The fourth-order valence-electron chi connectivity index (χ4n) is 1.81. The van der Waals surface area contributed by atoms with Crippen LogP contribution in [0.3, 0.4) is 0 Å². The van der Waals surface area contributed by atoms with E-state index in [2.05, 4.69) is 6.92 Å². The van der Waals surface area contributed by atoms with Crippen molar-refractivity contribution in [2.75, 3.05) is 13.1 Å². The van der Waals surface area contributed by atoms with E-state index in [1.165, 1.54) is 12.1 Å². The smallest absolute Gasteiger partial charge is 0.253 e. The number of likely N-dealkylation sites (tertiary alicyclic amines) is 1. The highest BCUT2D eigenvalue weighted by atomic mass is 16.3. The van der Waals surface area contributed by atoms with Crippen LogP contribution >= 0.6 is 0 Å². The van der Waals surface area contributed by atoms with Crippen molar-refractivity contribution in [3.63, 3.8) is 0 Å². The monoisotopic (exact) mass is 216 g/mol. The molecule has 1 aliphatic heterocycles. The van der Waals surface area contributed by atoms with Gasteiger partial charge >= 0.3 is 0 Å². The molecule has 1 aliphatic rings. The Bertz CT molecular complexity index is 470. The maximum Gasteiger partial charge on any atom is 0.253 e. The number of nitrogens with zero attached hydrogens (tertiary/aromatic N) is 2. The highest BCUT2D eigenvalue weighted by molar-refractivity contribution is 5.95. The largest absolute Gasteiger partial charge is 0.507 e. The van der Waals surface area contributed by atoms with E-state index in [4.69, 9.17) is 5.26 Å². The minimum absolute atomic E-state index is 0.0744. The molecule has 16 heavy (non-hydrogen) atoms. The van der Waals surface area contributed by atoms with Gasteiger partial charge in [-0.3, -0.25) is 4.79 Å². The van der Waals surface area contributed by atoms with E-state index >= 15 is 0 Å². The average Bonchev–Trinajstić information content (AvgIpc) is 2.24. The lowest BCUT2D eigenvalue weighted by Gasteiger charge is -2.37. The highest BCUT2D eigenvalue weighted by Crippen LogP contribution is 2.21. The van der Waals surface area contributed by atoms with E-state index < -0.39 is 0 Å². The molecule has 0 atom stereocenters. The van der Waals surface area contributed by atoms with E-state index in [0.717, 1.165) is 13.1 Å². The van der Waals surface area contributed by atoms with Crippen LogP contribution in [0.2, 0.25) is 0 Å². The minimum atomic E-state index is -0.0870. The molecule has 1 N–H and O–H groups in total. The first-order valence-corrected chi connectivity index (χ1v) is 5.14. The summed E-state index contributed by atoms with van der Waals surface area (Å²) in [6.45, 7) is 3.62. The second-order valence-electron chi connectivity index (χ2n) is 4.16. The third-order valence-electron chi connectivity index (χ3n) is 2.72. The van der Waals surface area contributed by atoms with Gasteiger partial charge in [-0.15, -0.1) is 0 Å². The molecule has 1 saturated heterocycles. The number of hydrogen-bond donors (Lipinski definition) is 1. The zero-order valence-electron chi connectivity index (χ0n) is 8.97. The van der Waals surface area contributed by atoms with Crippen LogP contribution in [0.25, 0.3) is 0 Å². The summed E-state index contributed by atoms with van der Waals surface area (Å²) in [4.78, 5) is 13.6. The Kier molecular flexibility index (Phi) is 2.53. The van der Waals surface area contributed by atoms with E-state index in [9.17, 15) is 9.90 Å². The SMILES string of the molecule is CC1CN(C(=O)c2ccc(O)c(C#N)c2)C1. The second kappa shape index (κ2) is 3.86. The first-order chi connectivity index (χ1) is 7.61. The molecule has 4 nitrogen and oxygen atoms in total. The van der Waals surface area contributed by atoms with Gasteiger partial charge in [-0.1, -0.05) is 6.92 Å². The number of carbonyl (C=O) groups excluding carboxylic acids is 1. The van der Waals surface area contributed by atoms with Crippen LogP contribution in [0.15, 0.2) is 18.2 Å². The van der Waals surface area contributed by atoms with Crippen molar-refractivity contribution in [1.29, 1.82) is 5.26 Å². The van der Waals surface area contributed by atoms with Crippen molar-refractivity contribution in [1.82, 2.24) is 4.90 Å². The molecule has 0 aliphatic carbocycles. The van der Waals surface area contributed by atoms with Crippen molar-refractivity contribution < 1.29 is 9.90 Å². The Labute approximate surface area is 93.7 Å². The lowest BCUT2D eigenvalue weighted by molar-refractivity contribution is 0.0530. The van der Waals surface area contributed by atoms with E-state index in [-0.39, 0.29) is 17.2 Å². The van der Waals surface area contributed by atoms with Crippen LogP contribution in [-0.4, -0.2) is 29.0 Å². The molecule has 0 saturated carbocycles. The summed E-state index contributed by atoms with van der Waals surface area (Å²) in [6, 6.07) is 6.21. The molecule has 82 valence electrons. The fraction of sp³-hybridized carbons (Fsp3) is 0.333. The number of aromatic hydroxyl groups is 1. The number of hydrogen-bond acceptors (Lipinski definition) is 3. The van der Waals surface area contributed by atoms with Crippen LogP contribution in [0.5, 0.6) is 5.75 Å². The number of nitriles is 1. The van der Waals surface area contributed by atoms with Gasteiger partial charge in [0.1, 0.15) is 11.8 Å². The van der Waals surface area contributed by atoms with Gasteiger partial charge in [-0.05, 0) is 24.1 Å². The van der Waals surface area contributed by atoms with Gasteiger partial charge in [0.05, 0.1) is 5.56 Å². The molecule has 2 rings (SSSR count). The molecule has 4 heteroatoms. The number of carbonyl (C=O) groups is 1. The maximum absolute atomic E-state index is 11.9. The van der Waals surface area contributed by atoms with E-state index in [0.29, 0.717) is 11.5 Å². The third-order valence-corrected chi connectivity index (χ3v) is 2.72. The molecule has 0 spiro atoms. The van der Waals surface area contributed by atoms with Crippen LogP contribution < -0.4 is 0 Å². The molecule has 0 aromatic heterocycles. The van der Waals surface area contributed by atoms with E-state index in [1.807, 2.05) is 6.07 Å². The summed E-state index contributed by atoms with van der Waals surface area (Å²) in [5.41, 5.74) is 0.598. The number of phenols is 1. The van der Waals surface area contributed by atoms with Gasteiger partial charge in [0.2, 0.25) is 0 Å². The van der Waals surface area contributed by atoms with Gasteiger partial charge in [-0.25, -0.2) is 0 Å². The van der Waals surface area contributed by atoms with Gasteiger partial charge in [0, 0.05) is 18.7 Å². The van der Waals surface area contributed by atoms with Crippen LogP contribution in [0.1, 0.15) is 22.8 Å². The maximum atomic E-state index is 11.9. The van der Waals surface area contributed by atoms with Crippen molar-refractivity contribution in [3.8, 4) is 11.8 Å². The van der Waals surface area contributed by atoms with Gasteiger partial charge < -0.3 is 10.0 Å². The molecular formula is C12H12N2O2. The summed E-state index contributed by atoms with van der Waals surface area (Å²) in [6.07, 6.45) is 0. The second-order valence-corrected chi connectivity index (χ2v) is 4.16. The normalized spacial score (nSPS) is 15.4. The predicted molar refractivity (Wildman–Crippen MR) is 57.9 cm³/mol. The summed E-state index contributed by atoms with van der Waals surface area (Å²) in [5, 5.41) is 18.1. The lowest BCUT2D eigenvalue weighted by Crippen LogP contribution is -2.48. The van der Waals surface area contributed by atoms with Gasteiger partial charge in [0.15, 0.2) is 0 Å². The summed E-state index contributed by atoms with van der Waals surface area (Å²) in [5.74, 6) is 0.391. The molecule has 0 radical (unpaired) electrons. The first-order valence-electron chi connectivity index (χ1n) is 5.14.